The zero-order chi connectivity index (χ0) is 15.2. The molecule has 1 unspecified atom stereocenters. The van der Waals surface area contributed by atoms with Gasteiger partial charge in [-0.25, -0.2) is 0 Å². The third-order valence-corrected chi connectivity index (χ3v) is 4.56. The molecule has 0 saturated heterocycles. The molecular weight excluding hydrogens is 350 g/mol. The van der Waals surface area contributed by atoms with E-state index in [1.54, 1.807) is 18.2 Å². The van der Waals surface area contributed by atoms with Crippen LogP contribution in [-0.4, -0.2) is 16.8 Å². The van der Waals surface area contributed by atoms with Gasteiger partial charge in [-0.3, -0.25) is 4.79 Å². The molecule has 0 spiro atoms. The number of benzene rings is 2. The lowest BCUT2D eigenvalue weighted by Gasteiger charge is -2.14. The summed E-state index contributed by atoms with van der Waals surface area (Å²) in [6.07, 6.45) is 0. The third kappa shape index (κ3) is 4.79. The minimum Gasteiger partial charge on any atom is -0.507 e. The molecule has 0 aliphatic rings. The second-order valence-corrected chi connectivity index (χ2v) is 6.53. The van der Waals surface area contributed by atoms with E-state index in [-0.39, 0.29) is 23.5 Å². The van der Waals surface area contributed by atoms with E-state index < -0.39 is 0 Å². The van der Waals surface area contributed by atoms with E-state index in [9.17, 15) is 9.90 Å². The topological polar surface area (TPSA) is 49.3 Å². The van der Waals surface area contributed by atoms with Crippen LogP contribution in [0.25, 0.3) is 0 Å². The summed E-state index contributed by atoms with van der Waals surface area (Å²) in [5.74, 6) is 0.424. The first-order valence-corrected chi connectivity index (χ1v) is 8.30. The predicted molar refractivity (Wildman–Crippen MR) is 89.5 cm³/mol. The van der Waals surface area contributed by atoms with Crippen LogP contribution in [-0.2, 0) is 4.79 Å². The van der Waals surface area contributed by atoms with E-state index in [0.29, 0.717) is 4.90 Å². The van der Waals surface area contributed by atoms with Gasteiger partial charge in [-0.15, -0.1) is 11.8 Å². The van der Waals surface area contributed by atoms with Crippen molar-refractivity contribution in [2.75, 3.05) is 5.75 Å². The Labute approximate surface area is 136 Å². The van der Waals surface area contributed by atoms with Crippen LogP contribution in [0.3, 0.4) is 0 Å². The highest BCUT2D eigenvalue weighted by Gasteiger charge is 2.10. The van der Waals surface area contributed by atoms with Gasteiger partial charge >= 0.3 is 0 Å². The normalized spacial score (nSPS) is 11.9. The highest BCUT2D eigenvalue weighted by atomic mass is 79.9. The first-order valence-electron chi connectivity index (χ1n) is 6.52. The zero-order valence-corrected chi connectivity index (χ0v) is 13.9. The quantitative estimate of drug-likeness (QED) is 0.783. The summed E-state index contributed by atoms with van der Waals surface area (Å²) in [4.78, 5) is 12.7. The number of nitrogens with one attached hydrogen (secondary N) is 1. The Morgan fingerprint density at radius 3 is 2.57 bits per heavy atom. The van der Waals surface area contributed by atoms with E-state index in [2.05, 4.69) is 21.2 Å². The van der Waals surface area contributed by atoms with Crippen LogP contribution in [0.5, 0.6) is 5.75 Å². The molecule has 0 fully saturated rings. The first kappa shape index (κ1) is 15.9. The molecule has 2 N–H and O–H groups in total. The predicted octanol–water partition coefficient (Wildman–Crippen LogP) is 4.12. The van der Waals surface area contributed by atoms with Crippen LogP contribution in [0.2, 0.25) is 0 Å². The number of hydrogen-bond donors (Lipinski definition) is 2. The van der Waals surface area contributed by atoms with Crippen molar-refractivity contribution in [2.45, 2.75) is 17.9 Å². The van der Waals surface area contributed by atoms with Crippen molar-refractivity contribution in [2.24, 2.45) is 0 Å². The van der Waals surface area contributed by atoms with Crippen molar-refractivity contribution < 1.29 is 9.90 Å². The van der Waals surface area contributed by atoms with Gasteiger partial charge in [-0.2, -0.15) is 0 Å². The van der Waals surface area contributed by atoms with Crippen molar-refractivity contribution in [1.29, 1.82) is 0 Å². The molecule has 2 aromatic carbocycles. The van der Waals surface area contributed by atoms with Crippen LogP contribution in [0.4, 0.5) is 0 Å². The summed E-state index contributed by atoms with van der Waals surface area (Å²) in [7, 11) is 0. The summed E-state index contributed by atoms with van der Waals surface area (Å²) in [5.41, 5.74) is 1.05. The zero-order valence-electron chi connectivity index (χ0n) is 11.5. The smallest absolute Gasteiger partial charge is 0.230 e. The van der Waals surface area contributed by atoms with Gasteiger partial charge in [0.15, 0.2) is 0 Å². The molecule has 0 aromatic heterocycles. The number of thioether (sulfide) groups is 1. The fourth-order valence-corrected chi connectivity index (χ4v) is 2.87. The van der Waals surface area contributed by atoms with Crippen LogP contribution in [0, 0.1) is 0 Å². The third-order valence-electron chi connectivity index (χ3n) is 2.97. The Morgan fingerprint density at radius 1 is 1.24 bits per heavy atom. The van der Waals surface area contributed by atoms with Gasteiger partial charge in [0.05, 0.1) is 11.8 Å². The molecule has 1 atom stereocenters. The van der Waals surface area contributed by atoms with Crippen molar-refractivity contribution in [1.82, 2.24) is 5.32 Å². The van der Waals surface area contributed by atoms with Crippen molar-refractivity contribution in [3.63, 3.8) is 0 Å². The fraction of sp³-hybridized carbons (Fsp3) is 0.188. The minimum atomic E-state index is -0.0568. The average Bonchev–Trinajstić information content (AvgIpc) is 2.47. The number of hydrogen-bond acceptors (Lipinski definition) is 3. The van der Waals surface area contributed by atoms with Crippen LogP contribution >= 0.6 is 27.7 Å². The van der Waals surface area contributed by atoms with Gasteiger partial charge in [-0.05, 0) is 36.8 Å². The van der Waals surface area contributed by atoms with Crippen LogP contribution in [0.15, 0.2) is 57.9 Å². The largest absolute Gasteiger partial charge is 0.507 e. The summed E-state index contributed by atoms with van der Waals surface area (Å²) in [6, 6.07) is 14.8. The van der Waals surface area contributed by atoms with E-state index in [1.807, 2.05) is 37.3 Å². The standard InChI is InChI=1S/C16H16BrNO2S/c1-11(12-6-8-13(17)9-7-12)18-16(20)10-21-15-5-3-2-4-14(15)19/h2-9,11,19H,10H2,1H3,(H,18,20). The molecule has 2 rings (SSSR count). The Bertz CT molecular complexity index is 616. The molecule has 3 nitrogen and oxygen atoms in total. The molecule has 110 valence electrons. The summed E-state index contributed by atoms with van der Waals surface area (Å²) < 4.78 is 1.01. The van der Waals surface area contributed by atoms with Gasteiger partial charge in [0.25, 0.3) is 0 Å². The summed E-state index contributed by atoms with van der Waals surface area (Å²) in [6.45, 7) is 1.95. The fourth-order valence-electron chi connectivity index (χ4n) is 1.84. The summed E-state index contributed by atoms with van der Waals surface area (Å²) >= 11 is 4.71. The molecular formula is C16H16BrNO2S. The SMILES string of the molecule is CC(NC(=O)CSc1ccccc1O)c1ccc(Br)cc1. The maximum absolute atomic E-state index is 12.0. The number of amides is 1. The highest BCUT2D eigenvalue weighted by molar-refractivity contribution is 9.10. The monoisotopic (exact) mass is 365 g/mol. The molecule has 1 amide bonds. The lowest BCUT2D eigenvalue weighted by molar-refractivity contribution is -0.119. The molecule has 0 aliphatic carbocycles. The van der Waals surface area contributed by atoms with Gasteiger partial charge in [0.2, 0.25) is 5.91 Å². The molecule has 0 radical (unpaired) electrons. The van der Waals surface area contributed by atoms with Gasteiger partial charge < -0.3 is 10.4 Å². The maximum atomic E-state index is 12.0. The molecule has 2 aromatic rings. The van der Waals surface area contributed by atoms with E-state index in [4.69, 9.17) is 0 Å². The van der Waals surface area contributed by atoms with Crippen molar-refractivity contribution in [3.05, 3.63) is 58.6 Å². The summed E-state index contributed by atoms with van der Waals surface area (Å²) in [5, 5.41) is 12.6. The highest BCUT2D eigenvalue weighted by Crippen LogP contribution is 2.27. The van der Waals surface area contributed by atoms with E-state index in [1.165, 1.54) is 11.8 Å². The second kappa shape index (κ2) is 7.52. The maximum Gasteiger partial charge on any atom is 0.230 e. The molecule has 0 saturated carbocycles. The minimum absolute atomic E-state index is 0.0458. The number of halogens is 1. The van der Waals surface area contributed by atoms with Crippen molar-refractivity contribution >= 4 is 33.6 Å². The number of rotatable bonds is 5. The first-order chi connectivity index (χ1) is 10.1. The number of para-hydroxylation sites is 1. The molecule has 0 aliphatic heterocycles. The lowest BCUT2D eigenvalue weighted by Crippen LogP contribution is -2.28. The van der Waals surface area contributed by atoms with Crippen LogP contribution < -0.4 is 5.32 Å². The number of aromatic hydroxyl groups is 1. The lowest BCUT2D eigenvalue weighted by atomic mass is 10.1. The Morgan fingerprint density at radius 2 is 1.90 bits per heavy atom. The second-order valence-electron chi connectivity index (χ2n) is 4.60. The Hall–Kier alpha value is -1.46. The molecule has 0 heterocycles. The molecule has 5 heteroatoms. The number of carbonyl (C=O) groups excluding carboxylic acids is 1. The molecule has 0 bridgehead atoms. The van der Waals surface area contributed by atoms with E-state index >= 15 is 0 Å². The van der Waals surface area contributed by atoms with Crippen LogP contribution in [0.1, 0.15) is 18.5 Å². The number of carbonyl (C=O) groups is 1. The number of phenols is 1. The Balaban J connectivity index is 1.87. The van der Waals surface area contributed by atoms with Gasteiger partial charge in [-0.1, -0.05) is 40.2 Å². The molecule has 21 heavy (non-hydrogen) atoms. The number of phenolic OH excluding ortho intramolecular Hbond substituents is 1. The van der Waals surface area contributed by atoms with E-state index in [0.717, 1.165) is 10.0 Å². The Kier molecular flexibility index (Phi) is 5.70. The average molecular weight is 366 g/mol. The van der Waals surface area contributed by atoms with Gasteiger partial charge in [0, 0.05) is 9.37 Å². The van der Waals surface area contributed by atoms with Crippen molar-refractivity contribution in [3.8, 4) is 5.75 Å². The van der Waals surface area contributed by atoms with Gasteiger partial charge in [0.1, 0.15) is 5.75 Å².